The summed E-state index contributed by atoms with van der Waals surface area (Å²) in [5.74, 6) is -0.0950. The Kier molecular flexibility index (Phi) is 3.84. The van der Waals surface area contributed by atoms with E-state index in [2.05, 4.69) is 5.32 Å². The first-order valence-corrected chi connectivity index (χ1v) is 6.73. The molecule has 5 heteroatoms. The second-order valence-electron chi connectivity index (χ2n) is 4.13. The van der Waals surface area contributed by atoms with Crippen LogP contribution in [0.15, 0.2) is 11.4 Å². The summed E-state index contributed by atoms with van der Waals surface area (Å²) >= 11 is 7.27. The molecular weight excluding hydrogens is 244 g/mol. The number of carbonyl (C=O) groups excluding carboxylic acids is 1. The predicted molar refractivity (Wildman–Crippen MR) is 67.0 cm³/mol. The van der Waals surface area contributed by atoms with E-state index in [9.17, 15) is 4.79 Å². The summed E-state index contributed by atoms with van der Waals surface area (Å²) in [6.07, 6.45) is 4.25. The molecule has 1 amide bonds. The summed E-state index contributed by atoms with van der Waals surface area (Å²) in [4.78, 5) is 12.5. The Bertz CT molecular complexity index is 380. The van der Waals surface area contributed by atoms with Crippen molar-refractivity contribution in [3.63, 3.8) is 0 Å². The van der Waals surface area contributed by atoms with Gasteiger partial charge >= 0.3 is 0 Å². The molecule has 88 valence electrons. The van der Waals surface area contributed by atoms with E-state index in [-0.39, 0.29) is 18.0 Å². The van der Waals surface area contributed by atoms with Crippen LogP contribution in [0.2, 0.25) is 5.02 Å². The minimum absolute atomic E-state index is 0.0800. The zero-order valence-electron chi connectivity index (χ0n) is 8.91. The highest BCUT2D eigenvalue weighted by molar-refractivity contribution is 7.12. The Morgan fingerprint density at radius 3 is 2.88 bits per heavy atom. The minimum atomic E-state index is -0.0950. The van der Waals surface area contributed by atoms with Crippen molar-refractivity contribution in [1.82, 2.24) is 5.32 Å². The van der Waals surface area contributed by atoms with Crippen LogP contribution in [0.25, 0.3) is 0 Å². The summed E-state index contributed by atoms with van der Waals surface area (Å²) < 4.78 is 0. The number of nitrogens with two attached hydrogens (primary N) is 1. The molecule has 2 unspecified atom stereocenters. The highest BCUT2D eigenvalue weighted by Gasteiger charge is 2.24. The van der Waals surface area contributed by atoms with Crippen molar-refractivity contribution in [2.75, 3.05) is 0 Å². The quantitative estimate of drug-likeness (QED) is 0.856. The molecule has 3 N–H and O–H groups in total. The van der Waals surface area contributed by atoms with Crippen molar-refractivity contribution in [3.05, 3.63) is 21.3 Å². The smallest absolute Gasteiger partial charge is 0.263 e. The van der Waals surface area contributed by atoms with Crippen LogP contribution in [0.5, 0.6) is 0 Å². The Morgan fingerprint density at radius 1 is 1.50 bits per heavy atom. The van der Waals surface area contributed by atoms with Crippen molar-refractivity contribution >= 4 is 28.8 Å². The molecule has 1 aromatic heterocycles. The third kappa shape index (κ3) is 2.56. The van der Waals surface area contributed by atoms with E-state index >= 15 is 0 Å². The number of hydrogen-bond acceptors (Lipinski definition) is 3. The van der Waals surface area contributed by atoms with Gasteiger partial charge < -0.3 is 11.1 Å². The van der Waals surface area contributed by atoms with Gasteiger partial charge in [-0.15, -0.1) is 11.3 Å². The maximum atomic E-state index is 11.9. The molecule has 0 aromatic carbocycles. The summed E-state index contributed by atoms with van der Waals surface area (Å²) in [5.41, 5.74) is 5.97. The Labute approximate surface area is 104 Å². The zero-order chi connectivity index (χ0) is 11.5. The average molecular weight is 259 g/mol. The highest BCUT2D eigenvalue weighted by Crippen LogP contribution is 2.23. The normalized spacial score (nSPS) is 25.4. The van der Waals surface area contributed by atoms with E-state index in [0.29, 0.717) is 9.90 Å². The van der Waals surface area contributed by atoms with Gasteiger partial charge in [0.1, 0.15) is 4.88 Å². The molecule has 0 radical (unpaired) electrons. The molecule has 2 rings (SSSR count). The van der Waals surface area contributed by atoms with Crippen LogP contribution in [0.4, 0.5) is 0 Å². The maximum Gasteiger partial charge on any atom is 0.263 e. The second-order valence-corrected chi connectivity index (χ2v) is 5.45. The summed E-state index contributed by atoms with van der Waals surface area (Å²) in [6.45, 7) is 0. The molecule has 0 saturated heterocycles. The van der Waals surface area contributed by atoms with Crippen molar-refractivity contribution < 1.29 is 4.79 Å². The van der Waals surface area contributed by atoms with Crippen molar-refractivity contribution in [2.45, 2.75) is 37.8 Å². The van der Waals surface area contributed by atoms with Gasteiger partial charge in [-0.1, -0.05) is 24.4 Å². The first kappa shape index (κ1) is 11.9. The lowest BCUT2D eigenvalue weighted by Gasteiger charge is -2.29. The molecule has 1 aliphatic carbocycles. The van der Waals surface area contributed by atoms with Crippen molar-refractivity contribution in [3.8, 4) is 0 Å². The molecule has 1 heterocycles. The van der Waals surface area contributed by atoms with Gasteiger partial charge in [0.05, 0.1) is 5.02 Å². The largest absolute Gasteiger partial charge is 0.347 e. The van der Waals surface area contributed by atoms with Crippen molar-refractivity contribution in [2.24, 2.45) is 5.73 Å². The van der Waals surface area contributed by atoms with Gasteiger partial charge in [0.15, 0.2) is 0 Å². The molecule has 0 spiro atoms. The fourth-order valence-corrected chi connectivity index (χ4v) is 3.07. The molecule has 1 fully saturated rings. The van der Waals surface area contributed by atoms with Gasteiger partial charge in [0.2, 0.25) is 0 Å². The number of hydrogen-bond donors (Lipinski definition) is 2. The third-order valence-corrected chi connectivity index (χ3v) is 4.30. The van der Waals surface area contributed by atoms with Gasteiger partial charge in [-0.25, -0.2) is 0 Å². The van der Waals surface area contributed by atoms with E-state index in [1.54, 1.807) is 6.07 Å². The van der Waals surface area contributed by atoms with E-state index in [1.165, 1.54) is 11.3 Å². The number of nitrogens with one attached hydrogen (secondary N) is 1. The first-order valence-electron chi connectivity index (χ1n) is 5.48. The van der Waals surface area contributed by atoms with Crippen LogP contribution in [0, 0.1) is 0 Å². The van der Waals surface area contributed by atoms with E-state index in [0.717, 1.165) is 25.7 Å². The van der Waals surface area contributed by atoms with E-state index in [4.69, 9.17) is 17.3 Å². The van der Waals surface area contributed by atoms with Crippen LogP contribution < -0.4 is 11.1 Å². The monoisotopic (exact) mass is 258 g/mol. The number of halogens is 1. The average Bonchev–Trinajstić information content (AvgIpc) is 2.68. The molecular formula is C11H15ClN2OS. The Balaban J connectivity index is 1.99. The van der Waals surface area contributed by atoms with Crippen LogP contribution in [-0.4, -0.2) is 18.0 Å². The fraction of sp³-hybridized carbons (Fsp3) is 0.545. The second kappa shape index (κ2) is 5.17. The first-order chi connectivity index (χ1) is 7.68. The third-order valence-electron chi connectivity index (χ3n) is 2.96. The Morgan fingerprint density at radius 2 is 2.25 bits per heavy atom. The molecule has 16 heavy (non-hydrogen) atoms. The molecule has 3 nitrogen and oxygen atoms in total. The van der Waals surface area contributed by atoms with Crippen LogP contribution in [0.1, 0.15) is 35.4 Å². The molecule has 0 bridgehead atoms. The number of rotatable bonds is 2. The van der Waals surface area contributed by atoms with Crippen LogP contribution >= 0.6 is 22.9 Å². The summed E-state index contributed by atoms with van der Waals surface area (Å²) in [7, 11) is 0. The van der Waals surface area contributed by atoms with Gasteiger partial charge in [-0.2, -0.15) is 0 Å². The lowest BCUT2D eigenvalue weighted by atomic mass is 9.91. The summed E-state index contributed by atoms with van der Waals surface area (Å²) in [6, 6.07) is 1.91. The number of amides is 1. The molecule has 2 atom stereocenters. The lowest BCUT2D eigenvalue weighted by molar-refractivity contribution is 0.0925. The minimum Gasteiger partial charge on any atom is -0.347 e. The number of carbonyl (C=O) groups is 1. The lowest BCUT2D eigenvalue weighted by Crippen LogP contribution is -2.49. The fourth-order valence-electron chi connectivity index (χ4n) is 2.03. The van der Waals surface area contributed by atoms with Gasteiger partial charge in [-0.3, -0.25) is 4.79 Å². The summed E-state index contributed by atoms with van der Waals surface area (Å²) in [5, 5.41) is 5.31. The zero-order valence-corrected chi connectivity index (χ0v) is 10.5. The van der Waals surface area contributed by atoms with Gasteiger partial charge in [-0.05, 0) is 24.3 Å². The van der Waals surface area contributed by atoms with Gasteiger partial charge in [0, 0.05) is 12.1 Å². The van der Waals surface area contributed by atoms with Gasteiger partial charge in [0.25, 0.3) is 5.91 Å². The topological polar surface area (TPSA) is 55.1 Å². The van der Waals surface area contributed by atoms with Crippen LogP contribution in [0.3, 0.4) is 0 Å². The van der Waals surface area contributed by atoms with Crippen LogP contribution in [-0.2, 0) is 0 Å². The van der Waals surface area contributed by atoms with E-state index < -0.39 is 0 Å². The van der Waals surface area contributed by atoms with E-state index in [1.807, 2.05) is 5.38 Å². The SMILES string of the molecule is NC1CCCCC1NC(=O)c1sccc1Cl. The Hall–Kier alpha value is -0.580. The molecule has 1 saturated carbocycles. The predicted octanol–water partition coefficient (Wildman–Crippen LogP) is 2.40. The maximum absolute atomic E-state index is 11.9. The standard InChI is InChI=1S/C11H15ClN2OS/c12-7-5-6-16-10(7)11(15)14-9-4-2-1-3-8(9)13/h5-6,8-9H,1-4,13H2,(H,14,15). The number of thiophene rings is 1. The highest BCUT2D eigenvalue weighted by atomic mass is 35.5. The van der Waals surface area contributed by atoms with Crippen molar-refractivity contribution in [1.29, 1.82) is 0 Å². The molecule has 1 aliphatic rings. The molecule has 1 aromatic rings. The molecule has 0 aliphatic heterocycles.